The maximum Gasteiger partial charge on any atom is 0.253 e. The maximum absolute atomic E-state index is 13.1. The van der Waals surface area contributed by atoms with Gasteiger partial charge >= 0.3 is 0 Å². The first-order valence-electron chi connectivity index (χ1n) is 11.6. The molecule has 1 aromatic heterocycles. The van der Waals surface area contributed by atoms with Crippen LogP contribution in [0.5, 0.6) is 0 Å². The van der Waals surface area contributed by atoms with Gasteiger partial charge in [-0.25, -0.2) is 0 Å². The van der Waals surface area contributed by atoms with Crippen molar-refractivity contribution in [1.82, 2.24) is 20.0 Å². The molecule has 34 heavy (non-hydrogen) atoms. The van der Waals surface area contributed by atoms with E-state index in [1.807, 2.05) is 97.3 Å². The van der Waals surface area contributed by atoms with E-state index in [0.29, 0.717) is 31.0 Å². The van der Waals surface area contributed by atoms with Crippen molar-refractivity contribution < 1.29 is 9.59 Å². The Hall–Kier alpha value is -3.19. The SMILES string of the molecule is CC(C)C(=O)N1CCN(C(=O)c2cccc(CSc3ccc(-c4ccccc4)nn3)c2)CC1C. The van der Waals surface area contributed by atoms with E-state index in [-0.39, 0.29) is 23.8 Å². The van der Waals surface area contributed by atoms with Gasteiger partial charge in [-0.3, -0.25) is 9.59 Å². The topological polar surface area (TPSA) is 66.4 Å². The van der Waals surface area contributed by atoms with Crippen LogP contribution in [0.15, 0.2) is 71.8 Å². The van der Waals surface area contributed by atoms with E-state index in [0.717, 1.165) is 21.8 Å². The zero-order chi connectivity index (χ0) is 24.1. The highest BCUT2D eigenvalue weighted by atomic mass is 32.2. The van der Waals surface area contributed by atoms with E-state index >= 15 is 0 Å². The van der Waals surface area contributed by atoms with Crippen molar-refractivity contribution in [3.8, 4) is 11.3 Å². The van der Waals surface area contributed by atoms with Gasteiger partial charge in [0.2, 0.25) is 5.91 Å². The summed E-state index contributed by atoms with van der Waals surface area (Å²) < 4.78 is 0. The van der Waals surface area contributed by atoms with Gasteiger partial charge in [0.1, 0.15) is 5.03 Å². The van der Waals surface area contributed by atoms with Crippen LogP contribution in [0.4, 0.5) is 0 Å². The summed E-state index contributed by atoms with van der Waals surface area (Å²) in [7, 11) is 0. The van der Waals surface area contributed by atoms with Crippen LogP contribution in [0.2, 0.25) is 0 Å². The first kappa shape index (κ1) is 24.0. The van der Waals surface area contributed by atoms with Crippen molar-refractivity contribution in [2.75, 3.05) is 19.6 Å². The number of benzene rings is 2. The van der Waals surface area contributed by atoms with Crippen molar-refractivity contribution in [1.29, 1.82) is 0 Å². The van der Waals surface area contributed by atoms with Crippen LogP contribution in [0.25, 0.3) is 11.3 Å². The first-order chi connectivity index (χ1) is 16.4. The lowest BCUT2D eigenvalue weighted by molar-refractivity contribution is -0.138. The molecule has 0 radical (unpaired) electrons. The molecule has 1 saturated heterocycles. The minimum Gasteiger partial charge on any atom is -0.336 e. The second-order valence-corrected chi connectivity index (χ2v) is 9.89. The molecule has 4 rings (SSSR count). The van der Waals surface area contributed by atoms with Gasteiger partial charge in [-0.15, -0.1) is 10.2 Å². The number of rotatable bonds is 6. The molecule has 1 aliphatic rings. The van der Waals surface area contributed by atoms with Gasteiger partial charge in [0, 0.05) is 48.5 Å². The molecule has 2 aromatic carbocycles. The molecule has 0 spiro atoms. The Morgan fingerprint density at radius 3 is 2.47 bits per heavy atom. The minimum atomic E-state index is -0.0295. The standard InChI is InChI=1S/C27H30N4O2S/c1-19(2)26(32)31-15-14-30(17-20(31)3)27(33)23-11-7-8-21(16-23)18-34-25-13-12-24(28-29-25)22-9-5-4-6-10-22/h4-13,16,19-20H,14-15,17-18H2,1-3H3. The highest BCUT2D eigenvalue weighted by molar-refractivity contribution is 7.98. The number of amides is 2. The van der Waals surface area contributed by atoms with Crippen LogP contribution < -0.4 is 0 Å². The summed E-state index contributed by atoms with van der Waals surface area (Å²) in [6.45, 7) is 7.54. The third-order valence-corrected chi connectivity index (χ3v) is 6.95. The highest BCUT2D eigenvalue weighted by Crippen LogP contribution is 2.24. The fraction of sp³-hybridized carbons (Fsp3) is 0.333. The third-order valence-electron chi connectivity index (χ3n) is 5.96. The molecule has 0 saturated carbocycles. The normalized spacial score (nSPS) is 16.1. The fourth-order valence-electron chi connectivity index (χ4n) is 4.10. The van der Waals surface area contributed by atoms with E-state index in [4.69, 9.17) is 0 Å². The Balaban J connectivity index is 1.36. The van der Waals surface area contributed by atoms with E-state index in [1.165, 1.54) is 0 Å². The number of piperazine rings is 1. The predicted octanol–water partition coefficient (Wildman–Crippen LogP) is 4.76. The van der Waals surface area contributed by atoms with Crippen LogP contribution in [0.3, 0.4) is 0 Å². The lowest BCUT2D eigenvalue weighted by Crippen LogP contribution is -2.56. The highest BCUT2D eigenvalue weighted by Gasteiger charge is 2.31. The molecule has 7 heteroatoms. The summed E-state index contributed by atoms with van der Waals surface area (Å²) in [6.07, 6.45) is 0. The molecule has 0 bridgehead atoms. The molecule has 2 heterocycles. The summed E-state index contributed by atoms with van der Waals surface area (Å²) in [5.74, 6) is 0.840. The van der Waals surface area contributed by atoms with Crippen molar-refractivity contribution in [2.45, 2.75) is 37.6 Å². The smallest absolute Gasteiger partial charge is 0.253 e. The lowest BCUT2D eigenvalue weighted by Gasteiger charge is -2.40. The molecule has 1 unspecified atom stereocenters. The van der Waals surface area contributed by atoms with E-state index in [1.54, 1.807) is 11.8 Å². The molecule has 0 N–H and O–H groups in total. The largest absolute Gasteiger partial charge is 0.336 e. The Kier molecular flexibility index (Phi) is 7.63. The Morgan fingerprint density at radius 2 is 1.79 bits per heavy atom. The van der Waals surface area contributed by atoms with E-state index in [9.17, 15) is 9.59 Å². The average Bonchev–Trinajstić information content (AvgIpc) is 2.87. The molecule has 0 aliphatic carbocycles. The van der Waals surface area contributed by atoms with E-state index < -0.39 is 0 Å². The third kappa shape index (κ3) is 5.65. The van der Waals surface area contributed by atoms with Crippen molar-refractivity contribution in [3.05, 3.63) is 77.9 Å². The van der Waals surface area contributed by atoms with Gasteiger partial charge in [-0.05, 0) is 36.8 Å². The van der Waals surface area contributed by atoms with Gasteiger partial charge in [0.05, 0.1) is 5.69 Å². The number of thioether (sulfide) groups is 1. The Labute approximate surface area is 205 Å². The number of hydrogen-bond acceptors (Lipinski definition) is 5. The van der Waals surface area contributed by atoms with Gasteiger partial charge in [-0.1, -0.05) is 68.1 Å². The summed E-state index contributed by atoms with van der Waals surface area (Å²) in [5, 5.41) is 9.54. The number of nitrogens with zero attached hydrogens (tertiary/aromatic N) is 4. The quantitative estimate of drug-likeness (QED) is 0.482. The predicted molar refractivity (Wildman–Crippen MR) is 135 cm³/mol. The second kappa shape index (κ2) is 10.8. The maximum atomic E-state index is 13.1. The summed E-state index contributed by atoms with van der Waals surface area (Å²) in [6, 6.07) is 21.7. The van der Waals surface area contributed by atoms with Gasteiger partial charge in [0.25, 0.3) is 5.91 Å². The van der Waals surface area contributed by atoms with Crippen LogP contribution in [0.1, 0.15) is 36.7 Å². The number of aromatic nitrogens is 2. The van der Waals surface area contributed by atoms with Crippen molar-refractivity contribution in [2.24, 2.45) is 5.92 Å². The molecule has 1 aliphatic heterocycles. The molecule has 2 amide bonds. The molecule has 3 aromatic rings. The molecule has 1 fully saturated rings. The van der Waals surface area contributed by atoms with Gasteiger partial charge < -0.3 is 9.80 Å². The summed E-state index contributed by atoms with van der Waals surface area (Å²) in [4.78, 5) is 29.3. The average molecular weight is 475 g/mol. The van der Waals surface area contributed by atoms with E-state index in [2.05, 4.69) is 10.2 Å². The monoisotopic (exact) mass is 474 g/mol. The zero-order valence-electron chi connectivity index (χ0n) is 19.8. The molecule has 1 atom stereocenters. The molecule has 176 valence electrons. The summed E-state index contributed by atoms with van der Waals surface area (Å²) >= 11 is 1.60. The Morgan fingerprint density at radius 1 is 1.00 bits per heavy atom. The number of carbonyl (C=O) groups is 2. The zero-order valence-corrected chi connectivity index (χ0v) is 20.7. The minimum absolute atomic E-state index is 0.0161. The molecular formula is C27H30N4O2S. The van der Waals surface area contributed by atoms with Gasteiger partial charge in [-0.2, -0.15) is 0 Å². The van der Waals surface area contributed by atoms with Crippen molar-refractivity contribution in [3.63, 3.8) is 0 Å². The second-order valence-electron chi connectivity index (χ2n) is 8.90. The first-order valence-corrected chi connectivity index (χ1v) is 12.6. The Bertz CT molecular complexity index is 1130. The van der Waals surface area contributed by atoms with Gasteiger partial charge in [0.15, 0.2) is 0 Å². The van der Waals surface area contributed by atoms with Crippen molar-refractivity contribution >= 4 is 23.6 Å². The molecular weight excluding hydrogens is 444 g/mol. The summed E-state index contributed by atoms with van der Waals surface area (Å²) in [5.41, 5.74) is 3.63. The van der Waals surface area contributed by atoms with Crippen LogP contribution >= 0.6 is 11.8 Å². The van der Waals surface area contributed by atoms with Crippen LogP contribution in [-0.4, -0.2) is 57.5 Å². The van der Waals surface area contributed by atoms with Crippen LogP contribution in [-0.2, 0) is 10.5 Å². The lowest BCUT2D eigenvalue weighted by atomic mass is 10.1. The fourth-order valence-corrected chi connectivity index (χ4v) is 4.85. The number of carbonyl (C=O) groups excluding carboxylic acids is 2. The number of hydrogen-bond donors (Lipinski definition) is 0. The van der Waals surface area contributed by atoms with Crippen LogP contribution in [0, 0.1) is 5.92 Å². The molecule has 6 nitrogen and oxygen atoms in total.